The monoisotopic (exact) mass is 286 g/mol. The van der Waals surface area contributed by atoms with E-state index in [0.717, 1.165) is 10.2 Å². The van der Waals surface area contributed by atoms with E-state index in [2.05, 4.69) is 4.99 Å². The van der Waals surface area contributed by atoms with E-state index < -0.39 is 11.7 Å². The van der Waals surface area contributed by atoms with Gasteiger partial charge in [0.1, 0.15) is 5.82 Å². The number of fused-ring (bicyclic) bond motifs is 1. The first-order valence-corrected chi connectivity index (χ1v) is 6.86. The van der Waals surface area contributed by atoms with E-state index in [9.17, 15) is 9.18 Å². The van der Waals surface area contributed by atoms with Gasteiger partial charge in [0.25, 0.3) is 5.91 Å². The van der Waals surface area contributed by atoms with E-state index in [1.165, 1.54) is 23.5 Å². The SMILES string of the molecule is Cn1c(=NC(=O)c2ccccc2F)sc2ccccc21. The fourth-order valence-corrected chi connectivity index (χ4v) is 2.99. The molecule has 0 atom stereocenters. The van der Waals surface area contributed by atoms with Crippen LogP contribution in [0.25, 0.3) is 10.2 Å². The van der Waals surface area contributed by atoms with Gasteiger partial charge in [-0.05, 0) is 24.3 Å². The van der Waals surface area contributed by atoms with Crippen LogP contribution in [0.15, 0.2) is 53.5 Å². The van der Waals surface area contributed by atoms with Crippen molar-refractivity contribution in [3.63, 3.8) is 0 Å². The summed E-state index contributed by atoms with van der Waals surface area (Å²) in [5.74, 6) is -1.12. The smallest absolute Gasteiger partial charge is 0.282 e. The number of halogens is 1. The lowest BCUT2D eigenvalue weighted by Crippen LogP contribution is -2.13. The molecule has 3 rings (SSSR count). The molecule has 1 aromatic heterocycles. The van der Waals surface area contributed by atoms with Crippen LogP contribution in [0.3, 0.4) is 0 Å². The first kappa shape index (κ1) is 12.7. The lowest BCUT2D eigenvalue weighted by molar-refractivity contribution is 0.0994. The summed E-state index contributed by atoms with van der Waals surface area (Å²) in [5, 5.41) is 0. The minimum absolute atomic E-state index is 0.00930. The second kappa shape index (κ2) is 5.02. The number of aryl methyl sites for hydroxylation is 1. The second-order valence-corrected chi connectivity index (χ2v) is 5.32. The quantitative estimate of drug-likeness (QED) is 0.677. The number of para-hydroxylation sites is 1. The molecule has 0 spiro atoms. The summed E-state index contributed by atoms with van der Waals surface area (Å²) in [6.07, 6.45) is 0. The largest absolute Gasteiger partial charge is 0.319 e. The topological polar surface area (TPSA) is 34.4 Å². The van der Waals surface area contributed by atoms with Crippen molar-refractivity contribution in [1.82, 2.24) is 4.57 Å². The van der Waals surface area contributed by atoms with E-state index in [0.29, 0.717) is 4.80 Å². The van der Waals surface area contributed by atoms with Gasteiger partial charge in [-0.1, -0.05) is 35.6 Å². The Morgan fingerprint density at radius 3 is 2.60 bits per heavy atom. The van der Waals surface area contributed by atoms with Crippen molar-refractivity contribution in [2.45, 2.75) is 0 Å². The number of amides is 1. The highest BCUT2D eigenvalue weighted by atomic mass is 32.1. The summed E-state index contributed by atoms with van der Waals surface area (Å²) in [6, 6.07) is 13.6. The maximum absolute atomic E-state index is 13.6. The average molecular weight is 286 g/mol. The molecule has 3 nitrogen and oxygen atoms in total. The lowest BCUT2D eigenvalue weighted by Gasteiger charge is -1.97. The van der Waals surface area contributed by atoms with Gasteiger partial charge in [0.15, 0.2) is 4.80 Å². The van der Waals surface area contributed by atoms with Crippen LogP contribution in [0.5, 0.6) is 0 Å². The zero-order chi connectivity index (χ0) is 14.1. The molecule has 2 aromatic carbocycles. The number of aromatic nitrogens is 1. The maximum Gasteiger partial charge on any atom is 0.282 e. The fraction of sp³-hybridized carbons (Fsp3) is 0.0667. The van der Waals surface area contributed by atoms with Crippen LogP contribution in [0.1, 0.15) is 10.4 Å². The van der Waals surface area contributed by atoms with E-state index in [1.807, 2.05) is 35.9 Å². The molecule has 0 aliphatic rings. The van der Waals surface area contributed by atoms with Crippen molar-refractivity contribution in [3.8, 4) is 0 Å². The lowest BCUT2D eigenvalue weighted by atomic mass is 10.2. The number of carbonyl (C=O) groups is 1. The first-order chi connectivity index (χ1) is 9.66. The van der Waals surface area contributed by atoms with Crippen molar-refractivity contribution in [2.24, 2.45) is 12.0 Å². The molecular formula is C15H11FN2OS. The number of thiazole rings is 1. The van der Waals surface area contributed by atoms with Crippen molar-refractivity contribution in [1.29, 1.82) is 0 Å². The molecule has 1 amide bonds. The Bertz CT molecular complexity index is 863. The maximum atomic E-state index is 13.6. The van der Waals surface area contributed by atoms with Crippen LogP contribution < -0.4 is 4.80 Å². The highest BCUT2D eigenvalue weighted by Gasteiger charge is 2.10. The van der Waals surface area contributed by atoms with Gasteiger partial charge in [0.2, 0.25) is 0 Å². The molecule has 0 fully saturated rings. The summed E-state index contributed by atoms with van der Waals surface area (Å²) in [7, 11) is 1.84. The molecule has 3 aromatic rings. The number of carbonyl (C=O) groups excluding carboxylic acids is 1. The minimum Gasteiger partial charge on any atom is -0.319 e. The first-order valence-electron chi connectivity index (χ1n) is 6.05. The number of hydrogen-bond acceptors (Lipinski definition) is 2. The van der Waals surface area contributed by atoms with E-state index in [4.69, 9.17) is 0 Å². The normalized spacial score (nSPS) is 12.0. The molecule has 0 N–H and O–H groups in total. The Morgan fingerprint density at radius 1 is 1.15 bits per heavy atom. The molecule has 0 bridgehead atoms. The number of benzene rings is 2. The molecule has 0 radical (unpaired) electrons. The summed E-state index contributed by atoms with van der Waals surface area (Å²) in [6.45, 7) is 0. The standard InChI is InChI=1S/C15H11FN2OS/c1-18-12-8-4-5-9-13(12)20-15(18)17-14(19)10-6-2-3-7-11(10)16/h2-9H,1H3. The average Bonchev–Trinajstić information content (AvgIpc) is 2.76. The Labute approximate surface area is 118 Å². The zero-order valence-electron chi connectivity index (χ0n) is 10.7. The molecule has 0 saturated carbocycles. The van der Waals surface area contributed by atoms with Crippen LogP contribution in [0.2, 0.25) is 0 Å². The molecule has 0 aliphatic carbocycles. The number of rotatable bonds is 1. The van der Waals surface area contributed by atoms with Crippen molar-refractivity contribution in [3.05, 3.63) is 64.7 Å². The van der Waals surface area contributed by atoms with E-state index in [-0.39, 0.29) is 5.56 Å². The molecule has 20 heavy (non-hydrogen) atoms. The van der Waals surface area contributed by atoms with Gasteiger partial charge in [-0.15, -0.1) is 0 Å². The van der Waals surface area contributed by atoms with Crippen LogP contribution in [-0.4, -0.2) is 10.5 Å². The Hall–Kier alpha value is -2.27. The van der Waals surface area contributed by atoms with Crippen LogP contribution in [-0.2, 0) is 7.05 Å². The third-order valence-corrected chi connectivity index (χ3v) is 4.13. The predicted molar refractivity (Wildman–Crippen MR) is 77.1 cm³/mol. The van der Waals surface area contributed by atoms with Gasteiger partial charge in [0.05, 0.1) is 15.8 Å². The Balaban J connectivity index is 2.13. The predicted octanol–water partition coefficient (Wildman–Crippen LogP) is 3.12. The molecular weight excluding hydrogens is 275 g/mol. The summed E-state index contributed by atoms with van der Waals surface area (Å²) >= 11 is 1.41. The molecule has 100 valence electrons. The Kier molecular flexibility index (Phi) is 3.20. The van der Waals surface area contributed by atoms with Gasteiger partial charge in [-0.3, -0.25) is 4.79 Å². The number of hydrogen-bond donors (Lipinski definition) is 0. The molecule has 1 heterocycles. The second-order valence-electron chi connectivity index (χ2n) is 4.31. The fourth-order valence-electron chi connectivity index (χ4n) is 1.97. The van der Waals surface area contributed by atoms with Crippen LogP contribution in [0.4, 0.5) is 4.39 Å². The third-order valence-electron chi connectivity index (χ3n) is 3.02. The number of nitrogens with zero attached hydrogens (tertiary/aromatic N) is 2. The molecule has 5 heteroatoms. The molecule has 0 aliphatic heterocycles. The van der Waals surface area contributed by atoms with Gasteiger partial charge in [-0.25, -0.2) is 4.39 Å². The van der Waals surface area contributed by atoms with Crippen molar-refractivity contribution < 1.29 is 9.18 Å². The van der Waals surface area contributed by atoms with Gasteiger partial charge in [0, 0.05) is 7.05 Å². The van der Waals surface area contributed by atoms with Crippen molar-refractivity contribution >= 4 is 27.5 Å². The zero-order valence-corrected chi connectivity index (χ0v) is 11.5. The molecule has 0 saturated heterocycles. The highest BCUT2D eigenvalue weighted by Crippen LogP contribution is 2.15. The summed E-state index contributed by atoms with van der Waals surface area (Å²) in [5.41, 5.74) is 0.988. The minimum atomic E-state index is -0.565. The van der Waals surface area contributed by atoms with Crippen molar-refractivity contribution in [2.75, 3.05) is 0 Å². The van der Waals surface area contributed by atoms with Gasteiger partial charge < -0.3 is 4.57 Å². The van der Waals surface area contributed by atoms with Crippen LogP contribution >= 0.6 is 11.3 Å². The van der Waals surface area contributed by atoms with Gasteiger partial charge >= 0.3 is 0 Å². The highest BCUT2D eigenvalue weighted by molar-refractivity contribution is 7.16. The molecule has 0 unspecified atom stereocenters. The summed E-state index contributed by atoms with van der Waals surface area (Å²) in [4.78, 5) is 16.6. The third kappa shape index (κ3) is 2.16. The summed E-state index contributed by atoms with van der Waals surface area (Å²) < 4.78 is 16.4. The van der Waals surface area contributed by atoms with Gasteiger partial charge in [-0.2, -0.15) is 4.99 Å². The Morgan fingerprint density at radius 2 is 1.85 bits per heavy atom. The van der Waals surface area contributed by atoms with Crippen LogP contribution in [0, 0.1) is 5.82 Å². The van der Waals surface area contributed by atoms with E-state index >= 15 is 0 Å². The van der Waals surface area contributed by atoms with E-state index in [1.54, 1.807) is 12.1 Å².